The molecule has 0 spiro atoms. The van der Waals surface area contributed by atoms with Gasteiger partial charge in [-0.25, -0.2) is 0 Å². The Morgan fingerprint density at radius 3 is 1.15 bits per heavy atom. The molecule has 1 heteroatoms. The molecule has 13 heavy (non-hydrogen) atoms. The molecular weight excluding hydrogens is 151 g/mol. The molecule has 0 aliphatic rings. The van der Waals surface area contributed by atoms with Crippen molar-refractivity contribution in [2.75, 3.05) is 0 Å². The Kier molecular flexibility index (Phi) is 33.9. The first-order chi connectivity index (χ1) is 5.83. The van der Waals surface area contributed by atoms with E-state index in [1.54, 1.807) is 0 Å². The fourth-order valence-corrected chi connectivity index (χ4v) is 0.927. The van der Waals surface area contributed by atoms with E-state index < -0.39 is 0 Å². The van der Waals surface area contributed by atoms with Crippen LogP contribution in [0.15, 0.2) is 0 Å². The second-order valence-corrected chi connectivity index (χ2v) is 3.27. The third-order valence-corrected chi connectivity index (χ3v) is 1.81. The van der Waals surface area contributed by atoms with Crippen LogP contribution in [-0.4, -0.2) is 0 Å². The van der Waals surface area contributed by atoms with Gasteiger partial charge in [-0.15, -0.1) is 0 Å². The maximum Gasteiger partial charge on any atom is 1.00 e. The van der Waals surface area contributed by atoms with Crippen molar-refractivity contribution in [1.29, 1.82) is 0 Å². The van der Waals surface area contributed by atoms with Crippen LogP contribution < -0.4 is 18.9 Å². The van der Waals surface area contributed by atoms with Crippen molar-refractivity contribution >= 4 is 0 Å². The molecule has 0 fully saturated rings. The Morgan fingerprint density at radius 1 is 0.692 bits per heavy atom. The zero-order chi connectivity index (χ0) is 9.66. The Balaban J connectivity index is -0.000000143. The zero-order valence-electron chi connectivity index (χ0n) is 10.4. The van der Waals surface area contributed by atoms with Gasteiger partial charge in [-0.1, -0.05) is 65.7 Å². The first-order valence-corrected chi connectivity index (χ1v) is 5.62. The summed E-state index contributed by atoms with van der Waals surface area (Å²) >= 11 is 0. The molecule has 0 saturated carbocycles. The van der Waals surface area contributed by atoms with Crippen LogP contribution >= 0.6 is 0 Å². The Labute approximate surface area is 98.1 Å². The molecule has 76 valence electrons. The van der Waals surface area contributed by atoms with E-state index in [0.29, 0.717) is 0 Å². The molecule has 0 radical (unpaired) electrons. The molecule has 0 nitrogen and oxygen atoms in total. The molecule has 0 aliphatic carbocycles. The summed E-state index contributed by atoms with van der Waals surface area (Å²) in [7, 11) is 0. The van der Waals surface area contributed by atoms with Crippen LogP contribution in [-0.2, 0) is 0 Å². The van der Waals surface area contributed by atoms with Crippen molar-refractivity contribution in [2.24, 2.45) is 0 Å². The van der Waals surface area contributed by atoms with E-state index >= 15 is 0 Å². The molecule has 0 bridgehead atoms. The van der Waals surface area contributed by atoms with E-state index in [-0.39, 0.29) is 18.9 Å². The van der Waals surface area contributed by atoms with E-state index in [2.05, 4.69) is 27.7 Å². The van der Waals surface area contributed by atoms with Crippen molar-refractivity contribution in [3.8, 4) is 0 Å². The van der Waals surface area contributed by atoms with Gasteiger partial charge < -0.3 is 6.92 Å². The van der Waals surface area contributed by atoms with Gasteiger partial charge in [-0.05, 0) is 0 Å². The monoisotopic (exact) mass is 178 g/mol. The predicted molar refractivity (Wildman–Crippen MR) is 59.3 cm³/mol. The van der Waals surface area contributed by atoms with Crippen molar-refractivity contribution in [2.45, 2.75) is 72.1 Å². The maximum atomic E-state index is 3.72. The second-order valence-electron chi connectivity index (χ2n) is 3.27. The first kappa shape index (κ1) is 19.2. The van der Waals surface area contributed by atoms with Gasteiger partial charge in [0.25, 0.3) is 0 Å². The molecular formula is C12H27Li. The second kappa shape index (κ2) is 22.9. The van der Waals surface area contributed by atoms with Crippen LogP contribution in [0.3, 0.4) is 0 Å². The van der Waals surface area contributed by atoms with Crippen molar-refractivity contribution < 1.29 is 18.9 Å². The molecule has 0 atom stereocenters. The zero-order valence-corrected chi connectivity index (χ0v) is 10.4. The molecule has 0 N–H and O–H groups in total. The van der Waals surface area contributed by atoms with E-state index in [4.69, 9.17) is 0 Å². The topological polar surface area (TPSA) is 0 Å². The van der Waals surface area contributed by atoms with Gasteiger partial charge in [0, 0.05) is 0 Å². The Hall–Kier alpha value is 0.597. The van der Waals surface area contributed by atoms with E-state index in [9.17, 15) is 0 Å². The minimum absolute atomic E-state index is 0. The van der Waals surface area contributed by atoms with Gasteiger partial charge in [-0.3, -0.25) is 0 Å². The normalized spacial score (nSPS) is 8.31. The quantitative estimate of drug-likeness (QED) is 0.331. The molecule has 0 aromatic heterocycles. The number of hydrogen-bond donors (Lipinski definition) is 0. The standard InChI is InChI=1S/C6H14.C6H13.Li/c2*1-3-5-6-4-2;/h3-6H2,1-2H3;1,3-6H2,2H3;/q;-1;+1. The summed E-state index contributed by atoms with van der Waals surface area (Å²) in [6, 6.07) is 0. The maximum absolute atomic E-state index is 3.72. The summed E-state index contributed by atoms with van der Waals surface area (Å²) < 4.78 is 0. The van der Waals surface area contributed by atoms with Crippen molar-refractivity contribution in [1.82, 2.24) is 0 Å². The van der Waals surface area contributed by atoms with Gasteiger partial charge >= 0.3 is 18.9 Å². The predicted octanol–water partition coefficient (Wildman–Crippen LogP) is 1.99. The van der Waals surface area contributed by atoms with Gasteiger partial charge in [-0.2, -0.15) is 6.42 Å². The molecule has 0 heterocycles. The smallest absolute Gasteiger partial charge is 0.343 e. The minimum Gasteiger partial charge on any atom is -0.343 e. The van der Waals surface area contributed by atoms with E-state index in [0.717, 1.165) is 6.42 Å². The van der Waals surface area contributed by atoms with Crippen LogP contribution in [0.4, 0.5) is 0 Å². The van der Waals surface area contributed by atoms with Crippen LogP contribution in [0.25, 0.3) is 0 Å². The molecule has 0 aromatic carbocycles. The van der Waals surface area contributed by atoms with Crippen LogP contribution in [0.5, 0.6) is 0 Å². The summed E-state index contributed by atoms with van der Waals surface area (Å²) in [5, 5.41) is 0. The summed E-state index contributed by atoms with van der Waals surface area (Å²) in [6.45, 7) is 10.4. The summed E-state index contributed by atoms with van der Waals surface area (Å²) in [5.74, 6) is 0. The Bertz CT molecular complexity index is 37.1. The van der Waals surface area contributed by atoms with Gasteiger partial charge in [0.05, 0.1) is 0 Å². The van der Waals surface area contributed by atoms with Crippen LogP contribution in [0.2, 0.25) is 0 Å². The Morgan fingerprint density at radius 2 is 1.00 bits per heavy atom. The summed E-state index contributed by atoms with van der Waals surface area (Å²) in [5.41, 5.74) is 0. The summed E-state index contributed by atoms with van der Waals surface area (Å²) in [6.07, 6.45) is 10.6. The third kappa shape index (κ3) is 32.5. The summed E-state index contributed by atoms with van der Waals surface area (Å²) in [4.78, 5) is 0. The SMILES string of the molecule is CCCCCC.[CH2-]CCCCC.[Li+]. The van der Waals surface area contributed by atoms with Crippen LogP contribution in [0, 0.1) is 6.92 Å². The van der Waals surface area contributed by atoms with E-state index in [1.165, 1.54) is 44.9 Å². The van der Waals surface area contributed by atoms with E-state index in [1.807, 2.05) is 0 Å². The molecule has 0 unspecified atom stereocenters. The number of rotatable bonds is 6. The molecule has 0 rings (SSSR count). The fraction of sp³-hybridized carbons (Fsp3) is 0.917. The average molecular weight is 178 g/mol. The largest absolute Gasteiger partial charge is 1.00 e. The van der Waals surface area contributed by atoms with Gasteiger partial charge in [0.1, 0.15) is 0 Å². The molecule has 0 aromatic rings. The number of hydrogen-bond acceptors (Lipinski definition) is 0. The molecule has 0 aliphatic heterocycles. The first-order valence-electron chi connectivity index (χ1n) is 5.62. The molecule has 0 saturated heterocycles. The molecule has 0 amide bonds. The number of unbranched alkanes of at least 4 members (excludes halogenated alkanes) is 6. The van der Waals surface area contributed by atoms with Gasteiger partial charge in [0.15, 0.2) is 0 Å². The van der Waals surface area contributed by atoms with Crippen LogP contribution in [0.1, 0.15) is 72.1 Å². The minimum atomic E-state index is 0. The third-order valence-electron chi connectivity index (χ3n) is 1.81. The fourth-order valence-electron chi connectivity index (χ4n) is 0.927. The van der Waals surface area contributed by atoms with Gasteiger partial charge in [0.2, 0.25) is 0 Å². The van der Waals surface area contributed by atoms with Crippen molar-refractivity contribution in [3.05, 3.63) is 6.92 Å². The average Bonchev–Trinajstić information content (AvgIpc) is 2.12. The van der Waals surface area contributed by atoms with Crippen molar-refractivity contribution in [3.63, 3.8) is 0 Å².